The molecular weight excluding hydrogens is 228 g/mol. The summed E-state index contributed by atoms with van der Waals surface area (Å²) in [6.45, 7) is 0.548. The molecule has 0 amide bonds. The van der Waals surface area contributed by atoms with Crippen molar-refractivity contribution in [2.45, 2.75) is 6.54 Å². The van der Waals surface area contributed by atoms with E-state index in [-0.39, 0.29) is 0 Å². The van der Waals surface area contributed by atoms with Crippen LogP contribution in [0.2, 0.25) is 0 Å². The molecule has 6 heteroatoms. The monoisotopic (exact) mass is 238 g/mol. The van der Waals surface area contributed by atoms with Crippen LogP contribution in [0.15, 0.2) is 30.5 Å². The van der Waals surface area contributed by atoms with Gasteiger partial charge in [0.2, 0.25) is 0 Å². The third kappa shape index (κ3) is 1.72. The molecule has 0 saturated carbocycles. The van der Waals surface area contributed by atoms with Gasteiger partial charge in [-0.25, -0.2) is 0 Å². The number of rotatable bonds is 2. The zero-order valence-electron chi connectivity index (χ0n) is 9.78. The predicted octanol–water partition coefficient (Wildman–Crippen LogP) is 1.08. The molecule has 0 saturated heterocycles. The molecule has 0 aliphatic heterocycles. The van der Waals surface area contributed by atoms with E-state index < -0.39 is 0 Å². The fraction of sp³-hybridized carbons (Fsp3) is 0.167. The molecule has 0 radical (unpaired) electrons. The fourth-order valence-electron chi connectivity index (χ4n) is 1.93. The van der Waals surface area contributed by atoms with Crippen molar-refractivity contribution in [3.05, 3.63) is 41.9 Å². The Morgan fingerprint density at radius 2 is 2.22 bits per heavy atom. The van der Waals surface area contributed by atoms with Gasteiger partial charge < -0.3 is 4.57 Å². The maximum Gasteiger partial charge on any atom is 0.194 e. The van der Waals surface area contributed by atoms with Gasteiger partial charge in [-0.3, -0.25) is 0 Å². The molecule has 1 aromatic carbocycles. The number of hydrogen-bond acceptors (Lipinski definition) is 4. The maximum atomic E-state index is 8.92. The summed E-state index contributed by atoms with van der Waals surface area (Å²) in [5, 5.41) is 21.9. The lowest BCUT2D eigenvalue weighted by Crippen LogP contribution is -2.01. The highest BCUT2D eigenvalue weighted by molar-refractivity contribution is 5.81. The Morgan fingerprint density at radius 1 is 1.33 bits per heavy atom. The lowest BCUT2D eigenvalue weighted by atomic mass is 10.2. The van der Waals surface area contributed by atoms with Crippen LogP contribution in [0.4, 0.5) is 0 Å². The summed E-state index contributed by atoms with van der Waals surface area (Å²) in [7, 11) is 1.73. The van der Waals surface area contributed by atoms with E-state index in [1.165, 1.54) is 4.80 Å². The average Bonchev–Trinajstić information content (AvgIpc) is 2.96. The van der Waals surface area contributed by atoms with Crippen molar-refractivity contribution < 1.29 is 0 Å². The Balaban J connectivity index is 2.04. The van der Waals surface area contributed by atoms with Crippen LogP contribution in [0.3, 0.4) is 0 Å². The standard InChI is InChI=1S/C12H10N6/c1-17-15-12(14-16-17)8-18-5-4-10-3-2-9(7-13)6-11(10)18/h2-6H,8H2,1H3. The van der Waals surface area contributed by atoms with E-state index >= 15 is 0 Å². The number of aromatic nitrogens is 5. The zero-order valence-corrected chi connectivity index (χ0v) is 9.78. The van der Waals surface area contributed by atoms with Gasteiger partial charge in [0.15, 0.2) is 5.82 Å². The molecule has 2 heterocycles. The van der Waals surface area contributed by atoms with E-state index in [0.29, 0.717) is 17.9 Å². The summed E-state index contributed by atoms with van der Waals surface area (Å²) in [5.41, 5.74) is 1.65. The highest BCUT2D eigenvalue weighted by atomic mass is 15.6. The summed E-state index contributed by atoms with van der Waals surface area (Å²) < 4.78 is 2.01. The van der Waals surface area contributed by atoms with Gasteiger partial charge in [-0.15, -0.1) is 10.2 Å². The van der Waals surface area contributed by atoms with Crippen molar-refractivity contribution in [3.63, 3.8) is 0 Å². The van der Waals surface area contributed by atoms with Gasteiger partial charge >= 0.3 is 0 Å². The Kier molecular flexibility index (Phi) is 2.31. The summed E-state index contributed by atoms with van der Waals surface area (Å²) in [5.74, 6) is 0.650. The van der Waals surface area contributed by atoms with Gasteiger partial charge in [0, 0.05) is 11.7 Å². The van der Waals surface area contributed by atoms with Crippen molar-refractivity contribution in [1.82, 2.24) is 24.8 Å². The van der Waals surface area contributed by atoms with Gasteiger partial charge in [-0.05, 0) is 28.8 Å². The Labute approximate surface area is 103 Å². The molecular formula is C12H10N6. The molecule has 18 heavy (non-hydrogen) atoms. The number of aryl methyl sites for hydroxylation is 1. The van der Waals surface area contributed by atoms with Gasteiger partial charge in [0.05, 0.1) is 25.2 Å². The lowest BCUT2D eigenvalue weighted by Gasteiger charge is -2.01. The highest BCUT2D eigenvalue weighted by Gasteiger charge is 2.06. The number of tetrazole rings is 1. The second-order valence-corrected chi connectivity index (χ2v) is 4.02. The summed E-state index contributed by atoms with van der Waals surface area (Å²) in [6, 6.07) is 9.77. The summed E-state index contributed by atoms with van der Waals surface area (Å²) in [6.07, 6.45) is 1.96. The predicted molar refractivity (Wildman–Crippen MR) is 64.6 cm³/mol. The second-order valence-electron chi connectivity index (χ2n) is 4.02. The smallest absolute Gasteiger partial charge is 0.194 e. The number of nitriles is 1. The molecule has 3 aromatic rings. The number of benzene rings is 1. The summed E-state index contributed by atoms with van der Waals surface area (Å²) >= 11 is 0. The van der Waals surface area contributed by atoms with Crippen molar-refractivity contribution in [2.24, 2.45) is 7.05 Å². The van der Waals surface area contributed by atoms with Crippen LogP contribution >= 0.6 is 0 Å². The van der Waals surface area contributed by atoms with Crippen molar-refractivity contribution in [1.29, 1.82) is 5.26 Å². The second kappa shape index (κ2) is 3.96. The summed E-state index contributed by atoms with van der Waals surface area (Å²) in [4.78, 5) is 1.43. The molecule has 0 aliphatic carbocycles. The first-order valence-corrected chi connectivity index (χ1v) is 5.48. The molecule has 0 atom stereocenters. The first-order valence-electron chi connectivity index (χ1n) is 5.48. The average molecular weight is 238 g/mol. The zero-order chi connectivity index (χ0) is 12.5. The van der Waals surface area contributed by atoms with E-state index in [1.807, 2.05) is 35.0 Å². The van der Waals surface area contributed by atoms with Crippen LogP contribution in [0, 0.1) is 11.3 Å². The fourth-order valence-corrected chi connectivity index (χ4v) is 1.93. The molecule has 0 aliphatic rings. The van der Waals surface area contributed by atoms with Gasteiger partial charge in [0.25, 0.3) is 0 Å². The van der Waals surface area contributed by atoms with Crippen LogP contribution in [0.25, 0.3) is 10.9 Å². The first-order chi connectivity index (χ1) is 8.76. The van der Waals surface area contributed by atoms with E-state index in [2.05, 4.69) is 21.5 Å². The van der Waals surface area contributed by atoms with Gasteiger partial charge in [0.1, 0.15) is 0 Å². The van der Waals surface area contributed by atoms with E-state index in [9.17, 15) is 0 Å². The molecule has 3 rings (SSSR count). The Morgan fingerprint density at radius 3 is 2.94 bits per heavy atom. The molecule has 2 aromatic heterocycles. The van der Waals surface area contributed by atoms with Crippen LogP contribution in [-0.4, -0.2) is 24.8 Å². The molecule has 0 N–H and O–H groups in total. The maximum absolute atomic E-state index is 8.92. The molecule has 0 fully saturated rings. The highest BCUT2D eigenvalue weighted by Crippen LogP contribution is 2.17. The topological polar surface area (TPSA) is 72.3 Å². The minimum atomic E-state index is 0.548. The third-order valence-electron chi connectivity index (χ3n) is 2.76. The minimum Gasteiger partial charge on any atom is -0.340 e. The minimum absolute atomic E-state index is 0.548. The van der Waals surface area contributed by atoms with Gasteiger partial charge in [-0.1, -0.05) is 6.07 Å². The first kappa shape index (κ1) is 10.5. The largest absolute Gasteiger partial charge is 0.340 e. The van der Waals surface area contributed by atoms with Crippen LogP contribution in [0.5, 0.6) is 0 Å². The van der Waals surface area contributed by atoms with E-state index in [4.69, 9.17) is 5.26 Å². The molecule has 0 spiro atoms. The van der Waals surface area contributed by atoms with Crippen molar-refractivity contribution in [2.75, 3.05) is 0 Å². The number of nitrogens with zero attached hydrogens (tertiary/aromatic N) is 6. The number of hydrogen-bond donors (Lipinski definition) is 0. The van der Waals surface area contributed by atoms with Crippen molar-refractivity contribution >= 4 is 10.9 Å². The molecule has 6 nitrogen and oxygen atoms in total. The quantitative estimate of drug-likeness (QED) is 0.669. The molecule has 88 valence electrons. The number of fused-ring (bicyclic) bond motifs is 1. The normalized spacial score (nSPS) is 10.7. The SMILES string of the molecule is Cn1nnc(Cn2ccc3ccc(C#N)cc32)n1. The Hall–Kier alpha value is -2.68. The van der Waals surface area contributed by atoms with Gasteiger partial charge in [-0.2, -0.15) is 10.1 Å². The van der Waals surface area contributed by atoms with E-state index in [1.54, 1.807) is 7.05 Å². The van der Waals surface area contributed by atoms with Crippen molar-refractivity contribution in [3.8, 4) is 6.07 Å². The van der Waals surface area contributed by atoms with Crippen LogP contribution in [-0.2, 0) is 13.6 Å². The lowest BCUT2D eigenvalue weighted by molar-refractivity contribution is 0.626. The molecule has 0 unspecified atom stereocenters. The Bertz CT molecular complexity index is 745. The molecule has 0 bridgehead atoms. The third-order valence-corrected chi connectivity index (χ3v) is 2.76. The van der Waals surface area contributed by atoms with E-state index in [0.717, 1.165) is 10.9 Å². The van der Waals surface area contributed by atoms with Crippen LogP contribution in [0.1, 0.15) is 11.4 Å². The van der Waals surface area contributed by atoms with Crippen LogP contribution < -0.4 is 0 Å².